The van der Waals surface area contributed by atoms with E-state index in [1.807, 2.05) is 23.1 Å². The van der Waals surface area contributed by atoms with E-state index >= 15 is 0 Å². The molecule has 0 saturated carbocycles. The van der Waals surface area contributed by atoms with Gasteiger partial charge in [-0.25, -0.2) is 12.7 Å². The number of anilines is 1. The zero-order chi connectivity index (χ0) is 19.6. The minimum Gasteiger partial charge on any atom is -0.368 e. The maximum Gasteiger partial charge on any atom is 0.239 e. The van der Waals surface area contributed by atoms with Crippen LogP contribution in [-0.2, 0) is 14.8 Å². The smallest absolute Gasteiger partial charge is 0.239 e. The van der Waals surface area contributed by atoms with E-state index in [4.69, 9.17) is 0 Å². The maximum absolute atomic E-state index is 12.9. The normalized spacial score (nSPS) is 27.1. The summed E-state index contributed by atoms with van der Waals surface area (Å²) < 4.78 is 27.4. The second kappa shape index (κ2) is 8.39. The minimum absolute atomic E-state index is 0.0454. The predicted octanol–water partition coefficient (Wildman–Crippen LogP) is 0.881. The standard InChI is InChI=1S/C20H30N4O3S/c25-20(23-13-11-22(12-14-23)17-7-3-1-4-8-17)19-15-18(16-21-19)28(26,27)24-9-5-2-6-10-24/h1,3-4,7-8,18-19,21H,2,5-6,9-16H2. The molecule has 154 valence electrons. The number of piperidine rings is 1. The fourth-order valence-electron chi connectivity index (χ4n) is 4.49. The van der Waals surface area contributed by atoms with Gasteiger partial charge in [-0.2, -0.15) is 0 Å². The zero-order valence-corrected chi connectivity index (χ0v) is 17.1. The summed E-state index contributed by atoms with van der Waals surface area (Å²) in [6, 6.07) is 9.85. The first kappa shape index (κ1) is 19.7. The van der Waals surface area contributed by atoms with Crippen molar-refractivity contribution in [3.8, 4) is 0 Å². The van der Waals surface area contributed by atoms with Crippen molar-refractivity contribution in [2.24, 2.45) is 0 Å². The Morgan fingerprint density at radius 2 is 1.61 bits per heavy atom. The van der Waals surface area contributed by atoms with Crippen molar-refractivity contribution in [3.63, 3.8) is 0 Å². The molecule has 1 amide bonds. The van der Waals surface area contributed by atoms with Gasteiger partial charge in [-0.1, -0.05) is 24.6 Å². The molecule has 3 saturated heterocycles. The monoisotopic (exact) mass is 406 g/mol. The molecule has 0 radical (unpaired) electrons. The fraction of sp³-hybridized carbons (Fsp3) is 0.650. The molecule has 7 nitrogen and oxygen atoms in total. The predicted molar refractivity (Wildman–Crippen MR) is 110 cm³/mol. The number of amides is 1. The summed E-state index contributed by atoms with van der Waals surface area (Å²) in [6.07, 6.45) is 3.36. The molecular formula is C20H30N4O3S. The van der Waals surface area contributed by atoms with E-state index in [9.17, 15) is 13.2 Å². The molecule has 2 atom stereocenters. The third-order valence-electron chi connectivity index (χ3n) is 6.20. The second-order valence-corrected chi connectivity index (χ2v) is 10.2. The Bertz CT molecular complexity index is 772. The second-order valence-electron chi connectivity index (χ2n) is 7.97. The number of nitrogens with zero attached hydrogens (tertiary/aromatic N) is 3. The average Bonchev–Trinajstić information content (AvgIpc) is 3.26. The lowest BCUT2D eigenvalue weighted by atomic mass is 10.1. The first-order valence-electron chi connectivity index (χ1n) is 10.4. The third kappa shape index (κ3) is 4.04. The van der Waals surface area contributed by atoms with Crippen molar-refractivity contribution in [1.29, 1.82) is 0 Å². The number of carbonyl (C=O) groups excluding carboxylic acids is 1. The van der Waals surface area contributed by atoms with Gasteiger partial charge in [0.25, 0.3) is 0 Å². The highest BCUT2D eigenvalue weighted by atomic mass is 32.2. The molecule has 0 bridgehead atoms. The van der Waals surface area contributed by atoms with Crippen molar-refractivity contribution in [1.82, 2.24) is 14.5 Å². The van der Waals surface area contributed by atoms with Gasteiger partial charge in [0.1, 0.15) is 0 Å². The van der Waals surface area contributed by atoms with E-state index < -0.39 is 15.3 Å². The Morgan fingerprint density at radius 1 is 0.929 bits per heavy atom. The van der Waals surface area contributed by atoms with Crippen molar-refractivity contribution in [2.45, 2.75) is 37.0 Å². The van der Waals surface area contributed by atoms with Crippen LogP contribution in [0.3, 0.4) is 0 Å². The topological polar surface area (TPSA) is 73.0 Å². The molecule has 1 aromatic carbocycles. The number of piperazine rings is 1. The fourth-order valence-corrected chi connectivity index (χ4v) is 6.42. The first-order chi connectivity index (χ1) is 13.6. The van der Waals surface area contributed by atoms with E-state index in [1.165, 1.54) is 5.69 Å². The van der Waals surface area contributed by atoms with Gasteiger partial charge in [0.15, 0.2) is 0 Å². The van der Waals surface area contributed by atoms with Crippen molar-refractivity contribution < 1.29 is 13.2 Å². The highest BCUT2D eigenvalue weighted by molar-refractivity contribution is 7.89. The van der Waals surface area contributed by atoms with Crippen LogP contribution >= 0.6 is 0 Å². The van der Waals surface area contributed by atoms with Crippen LogP contribution in [0, 0.1) is 0 Å². The van der Waals surface area contributed by atoms with Gasteiger partial charge in [-0.15, -0.1) is 0 Å². The Kier molecular flexibility index (Phi) is 5.89. The van der Waals surface area contributed by atoms with Crippen LogP contribution in [0.15, 0.2) is 30.3 Å². The summed E-state index contributed by atoms with van der Waals surface area (Å²) in [5.74, 6) is 0.0454. The molecule has 3 aliphatic heterocycles. The maximum atomic E-state index is 12.9. The summed E-state index contributed by atoms with van der Waals surface area (Å²) in [4.78, 5) is 17.1. The molecule has 1 N–H and O–H groups in total. The Morgan fingerprint density at radius 3 is 2.29 bits per heavy atom. The quantitative estimate of drug-likeness (QED) is 0.804. The molecule has 0 aliphatic carbocycles. The number of hydrogen-bond acceptors (Lipinski definition) is 5. The minimum atomic E-state index is -3.31. The molecule has 2 unspecified atom stereocenters. The molecular weight excluding hydrogens is 376 g/mol. The van der Waals surface area contributed by atoms with Crippen molar-refractivity contribution in [2.75, 3.05) is 50.7 Å². The molecule has 0 spiro atoms. The average molecular weight is 407 g/mol. The molecule has 8 heteroatoms. The number of para-hydroxylation sites is 1. The lowest BCUT2D eigenvalue weighted by Crippen LogP contribution is -2.53. The SMILES string of the molecule is O=C(C1CC(S(=O)(=O)N2CCCCC2)CN1)N1CCN(c2ccccc2)CC1. The van der Waals surface area contributed by atoms with Crippen LogP contribution in [0.5, 0.6) is 0 Å². The largest absolute Gasteiger partial charge is 0.368 e. The lowest BCUT2D eigenvalue weighted by molar-refractivity contribution is -0.133. The summed E-state index contributed by atoms with van der Waals surface area (Å²) in [5, 5.41) is 2.70. The number of nitrogens with one attached hydrogen (secondary N) is 1. The van der Waals surface area contributed by atoms with Crippen LogP contribution in [0.25, 0.3) is 0 Å². The van der Waals surface area contributed by atoms with Gasteiger partial charge in [-0.05, 0) is 31.4 Å². The number of carbonyl (C=O) groups is 1. The van der Waals surface area contributed by atoms with Crippen LogP contribution in [0.1, 0.15) is 25.7 Å². The van der Waals surface area contributed by atoms with E-state index in [0.29, 0.717) is 39.1 Å². The summed E-state index contributed by atoms with van der Waals surface area (Å²) in [7, 11) is -3.31. The molecule has 4 rings (SSSR count). The third-order valence-corrected chi connectivity index (χ3v) is 8.48. The lowest BCUT2D eigenvalue weighted by Gasteiger charge is -2.37. The number of benzene rings is 1. The van der Waals surface area contributed by atoms with Gasteiger partial charge in [0.05, 0.1) is 11.3 Å². The van der Waals surface area contributed by atoms with Gasteiger partial charge < -0.3 is 15.1 Å². The molecule has 3 fully saturated rings. The Hall–Kier alpha value is -1.64. The summed E-state index contributed by atoms with van der Waals surface area (Å²) in [6.45, 7) is 4.58. The van der Waals surface area contributed by atoms with E-state index in [1.54, 1.807) is 4.31 Å². The van der Waals surface area contributed by atoms with Crippen LogP contribution in [-0.4, -0.2) is 80.6 Å². The molecule has 1 aromatic rings. The summed E-state index contributed by atoms with van der Waals surface area (Å²) >= 11 is 0. The first-order valence-corrected chi connectivity index (χ1v) is 11.9. The van der Waals surface area contributed by atoms with E-state index in [0.717, 1.165) is 32.4 Å². The van der Waals surface area contributed by atoms with Gasteiger partial charge in [0.2, 0.25) is 15.9 Å². The highest BCUT2D eigenvalue weighted by Gasteiger charge is 2.41. The number of sulfonamides is 1. The number of rotatable bonds is 4. The Balaban J connectivity index is 1.31. The van der Waals surface area contributed by atoms with E-state index in [2.05, 4.69) is 22.3 Å². The van der Waals surface area contributed by atoms with Crippen LogP contribution < -0.4 is 10.2 Å². The van der Waals surface area contributed by atoms with Gasteiger partial charge >= 0.3 is 0 Å². The molecule has 0 aromatic heterocycles. The van der Waals surface area contributed by atoms with E-state index in [-0.39, 0.29) is 11.9 Å². The van der Waals surface area contributed by atoms with Crippen molar-refractivity contribution >= 4 is 21.6 Å². The van der Waals surface area contributed by atoms with Crippen molar-refractivity contribution in [3.05, 3.63) is 30.3 Å². The zero-order valence-electron chi connectivity index (χ0n) is 16.3. The van der Waals surface area contributed by atoms with Gasteiger partial charge in [-0.3, -0.25) is 4.79 Å². The molecule has 28 heavy (non-hydrogen) atoms. The Labute approximate surface area is 167 Å². The number of hydrogen-bond donors (Lipinski definition) is 1. The van der Waals surface area contributed by atoms with Gasteiger partial charge in [0, 0.05) is 51.5 Å². The van der Waals surface area contributed by atoms with Crippen LogP contribution in [0.2, 0.25) is 0 Å². The molecule has 3 aliphatic rings. The highest BCUT2D eigenvalue weighted by Crippen LogP contribution is 2.24. The molecule has 3 heterocycles. The summed E-state index contributed by atoms with van der Waals surface area (Å²) in [5.41, 5.74) is 1.18. The van der Waals surface area contributed by atoms with Crippen LogP contribution in [0.4, 0.5) is 5.69 Å².